The maximum atomic E-state index is 12.5. The number of aliphatic carboxylic acids is 1. The smallest absolute Gasteiger partial charge is 0.407 e. The molecule has 1 aliphatic rings. The first kappa shape index (κ1) is 25.2. The molecule has 0 radical (unpaired) electrons. The van der Waals surface area contributed by atoms with Crippen molar-refractivity contribution in [3.05, 3.63) is 59.7 Å². The number of fused-ring (bicyclic) bond motifs is 3. The Hall–Kier alpha value is -3.39. The van der Waals surface area contributed by atoms with E-state index in [1.54, 1.807) is 0 Å². The Balaban J connectivity index is 1.55. The van der Waals surface area contributed by atoms with Gasteiger partial charge in [-0.1, -0.05) is 62.4 Å². The molecule has 4 N–H and O–H groups in total. The molecule has 0 spiro atoms. The van der Waals surface area contributed by atoms with Gasteiger partial charge in [-0.25, -0.2) is 9.59 Å². The quantitative estimate of drug-likeness (QED) is 0.425. The van der Waals surface area contributed by atoms with Crippen LogP contribution in [0.1, 0.15) is 44.2 Å². The third kappa shape index (κ3) is 5.56. The van der Waals surface area contributed by atoms with Gasteiger partial charge in [0.2, 0.25) is 5.91 Å². The number of aliphatic hydroxyl groups excluding tert-OH is 1. The standard InChI is InChI=1S/C26H32N2O6/c1-16(2)17(12-23(30)28-26(3,15-29)24(31)32)13-27-25(33)34-14-22-20-10-6-4-8-18(20)19-9-5-7-11-21(19)22/h4-11,16-17,22,29H,12-15H2,1-3H3,(H,27,33)(H,28,30)(H,31,32). The highest BCUT2D eigenvalue weighted by Gasteiger charge is 2.35. The molecule has 2 atom stereocenters. The molecule has 0 fully saturated rings. The maximum absolute atomic E-state index is 12.5. The Labute approximate surface area is 199 Å². The van der Waals surface area contributed by atoms with Crippen molar-refractivity contribution in [1.82, 2.24) is 10.6 Å². The topological polar surface area (TPSA) is 125 Å². The lowest BCUT2D eigenvalue weighted by Gasteiger charge is -2.26. The molecule has 8 heteroatoms. The van der Waals surface area contributed by atoms with Crippen LogP contribution in [-0.4, -0.2) is 53.5 Å². The number of aliphatic hydroxyl groups is 1. The fraction of sp³-hybridized carbons (Fsp3) is 0.423. The summed E-state index contributed by atoms with van der Waals surface area (Å²) >= 11 is 0. The Morgan fingerprint density at radius 1 is 1.03 bits per heavy atom. The van der Waals surface area contributed by atoms with E-state index in [9.17, 15) is 24.6 Å². The van der Waals surface area contributed by atoms with Gasteiger partial charge < -0.3 is 25.6 Å². The number of alkyl carbamates (subject to hydrolysis) is 1. The van der Waals surface area contributed by atoms with E-state index in [1.807, 2.05) is 50.2 Å². The van der Waals surface area contributed by atoms with Crippen molar-refractivity contribution in [2.45, 2.75) is 38.6 Å². The predicted molar refractivity (Wildman–Crippen MR) is 127 cm³/mol. The number of ether oxygens (including phenoxy) is 1. The zero-order chi connectivity index (χ0) is 24.9. The zero-order valence-electron chi connectivity index (χ0n) is 19.7. The number of benzene rings is 2. The summed E-state index contributed by atoms with van der Waals surface area (Å²) in [6.07, 6.45) is -0.567. The average Bonchev–Trinajstić information content (AvgIpc) is 3.13. The lowest BCUT2D eigenvalue weighted by atomic mass is 9.91. The number of nitrogens with one attached hydrogen (secondary N) is 2. The zero-order valence-corrected chi connectivity index (χ0v) is 19.7. The van der Waals surface area contributed by atoms with E-state index in [0.717, 1.165) is 22.3 Å². The highest BCUT2D eigenvalue weighted by atomic mass is 16.5. The van der Waals surface area contributed by atoms with Crippen LogP contribution in [0.25, 0.3) is 11.1 Å². The Morgan fingerprint density at radius 3 is 2.09 bits per heavy atom. The summed E-state index contributed by atoms with van der Waals surface area (Å²) in [6, 6.07) is 16.2. The number of carboxylic acid groups (broad SMARTS) is 1. The SMILES string of the molecule is CC(C)C(CNC(=O)OCC1c2ccccc2-c2ccccc21)CC(=O)NC(C)(CO)C(=O)O. The number of carbonyl (C=O) groups is 3. The van der Waals surface area contributed by atoms with E-state index in [0.29, 0.717) is 0 Å². The van der Waals surface area contributed by atoms with Crippen molar-refractivity contribution in [2.24, 2.45) is 11.8 Å². The first-order valence-electron chi connectivity index (χ1n) is 11.4. The molecule has 3 rings (SSSR count). The molecule has 2 aromatic rings. The monoisotopic (exact) mass is 468 g/mol. The van der Waals surface area contributed by atoms with Gasteiger partial charge >= 0.3 is 12.1 Å². The van der Waals surface area contributed by atoms with Gasteiger partial charge in [0.05, 0.1) is 6.61 Å². The second-order valence-electron chi connectivity index (χ2n) is 9.26. The van der Waals surface area contributed by atoms with Crippen LogP contribution in [0.5, 0.6) is 0 Å². The van der Waals surface area contributed by atoms with Crippen LogP contribution in [0.3, 0.4) is 0 Å². The van der Waals surface area contributed by atoms with Crippen molar-refractivity contribution in [3.63, 3.8) is 0 Å². The summed E-state index contributed by atoms with van der Waals surface area (Å²) < 4.78 is 5.54. The number of carbonyl (C=O) groups excluding carboxylic acids is 2. The van der Waals surface area contributed by atoms with Crippen LogP contribution in [0.15, 0.2) is 48.5 Å². The molecule has 0 saturated heterocycles. The van der Waals surface area contributed by atoms with Crippen molar-refractivity contribution in [2.75, 3.05) is 19.8 Å². The van der Waals surface area contributed by atoms with Crippen LogP contribution in [0.2, 0.25) is 0 Å². The Bertz CT molecular complexity index is 1010. The average molecular weight is 469 g/mol. The van der Waals surface area contributed by atoms with E-state index in [-0.39, 0.29) is 37.3 Å². The molecular weight excluding hydrogens is 436 g/mol. The van der Waals surface area contributed by atoms with Crippen LogP contribution in [-0.2, 0) is 14.3 Å². The number of amides is 2. The summed E-state index contributed by atoms with van der Waals surface area (Å²) in [4.78, 5) is 36.2. The molecule has 34 heavy (non-hydrogen) atoms. The van der Waals surface area contributed by atoms with Crippen molar-refractivity contribution in [1.29, 1.82) is 0 Å². The van der Waals surface area contributed by atoms with Crippen molar-refractivity contribution < 1.29 is 29.3 Å². The molecule has 182 valence electrons. The minimum Gasteiger partial charge on any atom is -0.479 e. The molecule has 0 bridgehead atoms. The normalized spacial score (nSPS) is 15.1. The van der Waals surface area contributed by atoms with Crippen LogP contribution < -0.4 is 10.6 Å². The van der Waals surface area contributed by atoms with Crippen LogP contribution in [0, 0.1) is 11.8 Å². The fourth-order valence-corrected chi connectivity index (χ4v) is 4.16. The highest BCUT2D eigenvalue weighted by molar-refractivity contribution is 5.87. The largest absolute Gasteiger partial charge is 0.479 e. The molecular formula is C26H32N2O6. The van der Waals surface area contributed by atoms with Gasteiger partial charge in [-0.3, -0.25) is 4.79 Å². The molecule has 8 nitrogen and oxygen atoms in total. The van der Waals surface area contributed by atoms with Gasteiger partial charge in [-0.15, -0.1) is 0 Å². The molecule has 2 amide bonds. The van der Waals surface area contributed by atoms with E-state index in [1.165, 1.54) is 6.92 Å². The van der Waals surface area contributed by atoms with Gasteiger partial charge in [-0.05, 0) is 41.0 Å². The van der Waals surface area contributed by atoms with Crippen LogP contribution in [0.4, 0.5) is 4.79 Å². The lowest BCUT2D eigenvalue weighted by molar-refractivity contribution is -0.148. The summed E-state index contributed by atoms with van der Waals surface area (Å²) in [5, 5.41) is 23.6. The van der Waals surface area contributed by atoms with Gasteiger partial charge in [0, 0.05) is 18.9 Å². The minimum atomic E-state index is -1.75. The third-order valence-corrected chi connectivity index (χ3v) is 6.45. The highest BCUT2D eigenvalue weighted by Crippen LogP contribution is 2.44. The number of rotatable bonds is 10. The number of hydrogen-bond acceptors (Lipinski definition) is 5. The second kappa shape index (κ2) is 10.7. The molecule has 0 saturated carbocycles. The minimum absolute atomic E-state index is 0.00416. The molecule has 2 aromatic carbocycles. The Kier molecular flexibility index (Phi) is 7.94. The van der Waals surface area contributed by atoms with Gasteiger partial charge in [0.1, 0.15) is 6.61 Å². The summed E-state index contributed by atoms with van der Waals surface area (Å²) in [5.41, 5.74) is 2.79. The summed E-state index contributed by atoms with van der Waals surface area (Å²) in [7, 11) is 0. The van der Waals surface area contributed by atoms with Gasteiger partial charge in [0.25, 0.3) is 0 Å². The van der Waals surface area contributed by atoms with E-state index in [2.05, 4.69) is 22.8 Å². The number of hydrogen-bond donors (Lipinski definition) is 4. The van der Waals surface area contributed by atoms with Crippen molar-refractivity contribution >= 4 is 18.0 Å². The number of carboxylic acids is 1. The third-order valence-electron chi connectivity index (χ3n) is 6.45. The van der Waals surface area contributed by atoms with E-state index in [4.69, 9.17) is 4.74 Å². The van der Waals surface area contributed by atoms with Gasteiger partial charge in [-0.2, -0.15) is 0 Å². The molecule has 0 aliphatic heterocycles. The second-order valence-corrected chi connectivity index (χ2v) is 9.26. The van der Waals surface area contributed by atoms with Crippen molar-refractivity contribution in [3.8, 4) is 11.1 Å². The first-order chi connectivity index (χ1) is 16.2. The van der Waals surface area contributed by atoms with Gasteiger partial charge in [0.15, 0.2) is 5.54 Å². The predicted octanol–water partition coefficient (Wildman–Crippen LogP) is 3.14. The lowest BCUT2D eigenvalue weighted by Crippen LogP contribution is -2.55. The Morgan fingerprint density at radius 2 is 1.59 bits per heavy atom. The molecule has 0 aromatic heterocycles. The molecule has 0 heterocycles. The maximum Gasteiger partial charge on any atom is 0.407 e. The molecule has 2 unspecified atom stereocenters. The summed E-state index contributed by atoms with van der Waals surface area (Å²) in [6.45, 7) is 4.75. The summed E-state index contributed by atoms with van der Waals surface area (Å²) in [5.74, 6) is -2.06. The van der Waals surface area contributed by atoms with Crippen LogP contribution >= 0.6 is 0 Å². The fourth-order valence-electron chi connectivity index (χ4n) is 4.16. The van der Waals surface area contributed by atoms with E-state index >= 15 is 0 Å². The van der Waals surface area contributed by atoms with E-state index < -0.39 is 30.1 Å². The molecule has 1 aliphatic carbocycles. The first-order valence-corrected chi connectivity index (χ1v) is 11.4.